The van der Waals surface area contributed by atoms with Gasteiger partial charge < -0.3 is 20.1 Å². The van der Waals surface area contributed by atoms with Gasteiger partial charge in [-0.15, -0.1) is 0 Å². The molecule has 0 bridgehead atoms. The Labute approximate surface area is 185 Å². The largest absolute Gasteiger partial charge is 0.507 e. The summed E-state index contributed by atoms with van der Waals surface area (Å²) in [4.78, 5) is 13.0. The van der Waals surface area contributed by atoms with Crippen molar-refractivity contribution in [3.05, 3.63) is 96.8 Å². The Morgan fingerprint density at radius 1 is 0.781 bits per heavy atom. The third-order valence-electron chi connectivity index (χ3n) is 5.75. The summed E-state index contributed by atoms with van der Waals surface area (Å²) in [5, 5.41) is 28.3. The van der Waals surface area contributed by atoms with Crippen LogP contribution in [0.5, 0.6) is 11.5 Å². The molecule has 5 aromatic rings. The highest BCUT2D eigenvalue weighted by atomic mass is 16.3. The Kier molecular flexibility index (Phi) is 5.00. The van der Waals surface area contributed by atoms with Crippen LogP contribution in [0.15, 0.2) is 91.3 Å². The van der Waals surface area contributed by atoms with Gasteiger partial charge >= 0.3 is 0 Å². The van der Waals surface area contributed by atoms with E-state index in [0.717, 1.165) is 21.5 Å². The molecule has 1 amide bonds. The van der Waals surface area contributed by atoms with Crippen LogP contribution in [-0.2, 0) is 6.54 Å². The average Bonchev–Trinajstić information content (AvgIpc) is 3.33. The predicted octanol–water partition coefficient (Wildman–Crippen LogP) is 5.30. The van der Waals surface area contributed by atoms with Crippen molar-refractivity contribution in [1.29, 1.82) is 0 Å². The standard InChI is InChI=1S/C27H22N2O3/c30-23-12-11-18-7-1-3-9-20(18)24(23)25-21-10-4-2-8-19(21)17-22(26(25)31)27(32)28-13-16-29-14-5-6-15-29/h1-12,14-15,17,30-31H,13,16H2,(H,28,32). The molecule has 5 rings (SSSR count). The van der Waals surface area contributed by atoms with E-state index in [4.69, 9.17) is 0 Å². The normalized spacial score (nSPS) is 11.1. The third kappa shape index (κ3) is 3.44. The molecule has 0 spiro atoms. The van der Waals surface area contributed by atoms with E-state index in [9.17, 15) is 15.0 Å². The topological polar surface area (TPSA) is 74.5 Å². The Hall–Kier alpha value is -4.25. The van der Waals surface area contributed by atoms with Gasteiger partial charge in [0.2, 0.25) is 0 Å². The summed E-state index contributed by atoms with van der Waals surface area (Å²) in [6.45, 7) is 1.05. The third-order valence-corrected chi connectivity index (χ3v) is 5.75. The highest BCUT2D eigenvalue weighted by Gasteiger charge is 2.22. The number of amides is 1. The molecule has 0 aliphatic heterocycles. The molecule has 0 radical (unpaired) electrons. The number of aromatic nitrogens is 1. The van der Waals surface area contributed by atoms with E-state index in [2.05, 4.69) is 5.32 Å². The van der Waals surface area contributed by atoms with Crippen LogP contribution in [0.3, 0.4) is 0 Å². The number of carbonyl (C=O) groups excluding carboxylic acids is 1. The molecular weight excluding hydrogens is 400 g/mol. The number of nitrogens with one attached hydrogen (secondary N) is 1. The van der Waals surface area contributed by atoms with Crippen molar-refractivity contribution in [2.45, 2.75) is 6.54 Å². The molecule has 1 heterocycles. The fourth-order valence-corrected chi connectivity index (χ4v) is 4.20. The lowest BCUT2D eigenvalue weighted by Crippen LogP contribution is -2.27. The Morgan fingerprint density at radius 3 is 2.19 bits per heavy atom. The number of hydrogen-bond donors (Lipinski definition) is 3. The molecule has 0 saturated carbocycles. The molecule has 0 atom stereocenters. The predicted molar refractivity (Wildman–Crippen MR) is 127 cm³/mol. The average molecular weight is 422 g/mol. The van der Waals surface area contributed by atoms with E-state index in [1.54, 1.807) is 12.1 Å². The molecule has 158 valence electrons. The van der Waals surface area contributed by atoms with E-state index in [1.165, 1.54) is 0 Å². The maximum Gasteiger partial charge on any atom is 0.255 e. The molecule has 0 saturated heterocycles. The maximum absolute atomic E-state index is 13.0. The van der Waals surface area contributed by atoms with Crippen molar-refractivity contribution >= 4 is 27.5 Å². The molecule has 3 N–H and O–H groups in total. The molecular formula is C27H22N2O3. The number of aromatic hydroxyl groups is 2. The second-order valence-corrected chi connectivity index (χ2v) is 7.73. The van der Waals surface area contributed by atoms with Crippen LogP contribution in [0.25, 0.3) is 32.7 Å². The van der Waals surface area contributed by atoms with Crippen molar-refractivity contribution in [3.8, 4) is 22.6 Å². The maximum atomic E-state index is 13.0. The van der Waals surface area contributed by atoms with Gasteiger partial charge in [-0.1, -0.05) is 54.6 Å². The van der Waals surface area contributed by atoms with Crippen LogP contribution in [-0.4, -0.2) is 27.2 Å². The molecule has 5 heteroatoms. The van der Waals surface area contributed by atoms with Gasteiger partial charge in [0.15, 0.2) is 0 Å². The minimum absolute atomic E-state index is 0.0503. The Morgan fingerprint density at radius 2 is 1.44 bits per heavy atom. The second kappa shape index (κ2) is 8.12. The Balaban J connectivity index is 1.65. The van der Waals surface area contributed by atoms with Crippen LogP contribution in [0.4, 0.5) is 0 Å². The number of carbonyl (C=O) groups is 1. The van der Waals surface area contributed by atoms with E-state index in [-0.39, 0.29) is 23.0 Å². The van der Waals surface area contributed by atoms with Crippen molar-refractivity contribution in [1.82, 2.24) is 9.88 Å². The number of hydrogen-bond acceptors (Lipinski definition) is 3. The minimum Gasteiger partial charge on any atom is -0.507 e. The molecule has 4 aromatic carbocycles. The van der Waals surface area contributed by atoms with Gasteiger partial charge in [0, 0.05) is 36.6 Å². The van der Waals surface area contributed by atoms with Crippen molar-refractivity contribution in [2.75, 3.05) is 6.54 Å². The number of benzene rings is 4. The van der Waals surface area contributed by atoms with E-state index >= 15 is 0 Å². The summed E-state index contributed by atoms with van der Waals surface area (Å²) in [5.41, 5.74) is 1.14. The first-order valence-electron chi connectivity index (χ1n) is 10.5. The highest BCUT2D eigenvalue weighted by Crippen LogP contribution is 2.46. The highest BCUT2D eigenvalue weighted by molar-refractivity contribution is 6.13. The van der Waals surface area contributed by atoms with Crippen LogP contribution < -0.4 is 5.32 Å². The number of nitrogens with zero attached hydrogens (tertiary/aromatic N) is 1. The van der Waals surface area contributed by atoms with Gasteiger partial charge in [-0.05, 0) is 45.8 Å². The fraction of sp³-hybridized carbons (Fsp3) is 0.0741. The lowest BCUT2D eigenvalue weighted by molar-refractivity contribution is 0.0950. The monoisotopic (exact) mass is 422 g/mol. The molecule has 0 aliphatic carbocycles. The zero-order valence-corrected chi connectivity index (χ0v) is 17.3. The summed E-state index contributed by atoms with van der Waals surface area (Å²) in [6, 6.07) is 24.2. The first-order chi connectivity index (χ1) is 15.6. The van der Waals surface area contributed by atoms with Crippen LogP contribution >= 0.6 is 0 Å². The smallest absolute Gasteiger partial charge is 0.255 e. The van der Waals surface area contributed by atoms with Crippen molar-refractivity contribution in [3.63, 3.8) is 0 Å². The molecule has 32 heavy (non-hydrogen) atoms. The van der Waals surface area contributed by atoms with Gasteiger partial charge in [-0.2, -0.15) is 0 Å². The first kappa shape index (κ1) is 19.7. The minimum atomic E-state index is -0.360. The van der Waals surface area contributed by atoms with Crippen LogP contribution in [0.1, 0.15) is 10.4 Å². The van der Waals surface area contributed by atoms with E-state index < -0.39 is 0 Å². The number of fused-ring (bicyclic) bond motifs is 2. The van der Waals surface area contributed by atoms with Gasteiger partial charge in [0.25, 0.3) is 5.91 Å². The van der Waals surface area contributed by atoms with Crippen molar-refractivity contribution < 1.29 is 15.0 Å². The second-order valence-electron chi connectivity index (χ2n) is 7.73. The molecule has 1 aromatic heterocycles. The molecule has 0 aliphatic rings. The Bertz CT molecular complexity index is 1440. The van der Waals surface area contributed by atoms with Gasteiger partial charge in [0.05, 0.1) is 5.56 Å². The molecule has 0 fully saturated rings. The summed E-state index contributed by atoms with van der Waals surface area (Å²) in [6.07, 6.45) is 3.86. The van der Waals surface area contributed by atoms with Gasteiger partial charge in [-0.3, -0.25) is 4.79 Å². The molecule has 0 unspecified atom stereocenters. The quantitative estimate of drug-likeness (QED) is 0.360. The lowest BCUT2D eigenvalue weighted by Gasteiger charge is -2.17. The lowest BCUT2D eigenvalue weighted by atomic mass is 9.90. The number of rotatable bonds is 5. The first-order valence-corrected chi connectivity index (χ1v) is 10.5. The fourth-order valence-electron chi connectivity index (χ4n) is 4.20. The summed E-state index contributed by atoms with van der Waals surface area (Å²) >= 11 is 0. The zero-order chi connectivity index (χ0) is 22.1. The number of phenolic OH excluding ortho intramolecular Hbond substituents is 2. The SMILES string of the molecule is O=C(NCCn1cccc1)c1cc2ccccc2c(-c2c(O)ccc3ccccc23)c1O. The van der Waals surface area contributed by atoms with Crippen LogP contribution in [0, 0.1) is 0 Å². The van der Waals surface area contributed by atoms with E-state index in [1.807, 2.05) is 83.7 Å². The van der Waals surface area contributed by atoms with E-state index in [0.29, 0.717) is 24.2 Å². The van der Waals surface area contributed by atoms with Crippen molar-refractivity contribution in [2.24, 2.45) is 0 Å². The zero-order valence-electron chi connectivity index (χ0n) is 17.3. The van der Waals surface area contributed by atoms with Gasteiger partial charge in [0.1, 0.15) is 11.5 Å². The van der Waals surface area contributed by atoms with Gasteiger partial charge in [-0.25, -0.2) is 0 Å². The molecule has 5 nitrogen and oxygen atoms in total. The number of phenols is 2. The summed E-state index contributed by atoms with van der Waals surface area (Å²) in [5.74, 6) is -0.454. The summed E-state index contributed by atoms with van der Waals surface area (Å²) in [7, 11) is 0. The summed E-state index contributed by atoms with van der Waals surface area (Å²) < 4.78 is 1.97. The van der Waals surface area contributed by atoms with Crippen LogP contribution in [0.2, 0.25) is 0 Å².